The third-order valence-corrected chi connectivity index (χ3v) is 4.32. The summed E-state index contributed by atoms with van der Waals surface area (Å²) in [5.74, 6) is 0. The van der Waals surface area contributed by atoms with Gasteiger partial charge in [0.25, 0.3) is 0 Å². The predicted octanol–water partition coefficient (Wildman–Crippen LogP) is 6.73. The van der Waals surface area contributed by atoms with Gasteiger partial charge in [-0.3, -0.25) is 0 Å². The second-order valence-electron chi connectivity index (χ2n) is 6.42. The molecule has 122 valence electrons. The van der Waals surface area contributed by atoms with Crippen molar-refractivity contribution in [3.8, 4) is 0 Å². The highest BCUT2D eigenvalue weighted by Crippen LogP contribution is 2.34. The van der Waals surface area contributed by atoms with Crippen molar-refractivity contribution in [2.24, 2.45) is 0 Å². The van der Waals surface area contributed by atoms with E-state index in [9.17, 15) is 0 Å². The smallest absolute Gasteiger partial charge is 0.0461 e. The van der Waals surface area contributed by atoms with Crippen molar-refractivity contribution in [3.63, 3.8) is 0 Å². The first-order valence-corrected chi connectivity index (χ1v) is 8.70. The number of anilines is 3. The zero-order valence-corrected chi connectivity index (χ0v) is 14.8. The fourth-order valence-electron chi connectivity index (χ4n) is 2.94. The average molecular weight is 315 g/mol. The lowest BCUT2D eigenvalue weighted by Gasteiger charge is -2.26. The molecule has 0 amide bonds. The van der Waals surface area contributed by atoms with E-state index in [0.717, 1.165) is 6.42 Å². The summed E-state index contributed by atoms with van der Waals surface area (Å²) in [6.07, 6.45) is 2.31. The van der Waals surface area contributed by atoms with Crippen LogP contribution in [0.3, 0.4) is 0 Å². The molecule has 0 N–H and O–H groups in total. The Morgan fingerprint density at radius 1 is 0.583 bits per heavy atom. The number of hydrogen-bond acceptors (Lipinski definition) is 1. The van der Waals surface area contributed by atoms with Crippen LogP contribution in [0.1, 0.15) is 30.0 Å². The highest BCUT2D eigenvalue weighted by atomic mass is 15.1. The standard InChI is InChI=1S/C23H25N/c1-4-5-20-10-16-23(17-11-20)24(21-12-6-18(2)7-13-21)22-14-8-19(3)9-15-22/h6-17H,4-5H2,1-3H3. The van der Waals surface area contributed by atoms with E-state index in [1.54, 1.807) is 0 Å². The molecule has 24 heavy (non-hydrogen) atoms. The molecule has 0 saturated carbocycles. The summed E-state index contributed by atoms with van der Waals surface area (Å²) in [5, 5.41) is 0. The summed E-state index contributed by atoms with van der Waals surface area (Å²) in [4.78, 5) is 2.31. The summed E-state index contributed by atoms with van der Waals surface area (Å²) < 4.78 is 0. The first kappa shape index (κ1) is 16.3. The van der Waals surface area contributed by atoms with Crippen molar-refractivity contribution >= 4 is 17.1 Å². The van der Waals surface area contributed by atoms with E-state index in [4.69, 9.17) is 0 Å². The first-order chi connectivity index (χ1) is 11.7. The molecule has 0 aliphatic carbocycles. The summed E-state index contributed by atoms with van der Waals surface area (Å²) >= 11 is 0. The van der Waals surface area contributed by atoms with Crippen LogP contribution in [0.5, 0.6) is 0 Å². The van der Waals surface area contributed by atoms with Gasteiger partial charge in [0.05, 0.1) is 0 Å². The molecule has 0 heterocycles. The van der Waals surface area contributed by atoms with Gasteiger partial charge < -0.3 is 4.90 Å². The Hall–Kier alpha value is -2.54. The zero-order valence-electron chi connectivity index (χ0n) is 14.8. The zero-order chi connectivity index (χ0) is 16.9. The predicted molar refractivity (Wildman–Crippen MR) is 105 cm³/mol. The van der Waals surface area contributed by atoms with E-state index in [-0.39, 0.29) is 0 Å². The normalized spacial score (nSPS) is 10.6. The van der Waals surface area contributed by atoms with Crippen molar-refractivity contribution in [1.29, 1.82) is 0 Å². The van der Waals surface area contributed by atoms with Crippen LogP contribution in [0, 0.1) is 13.8 Å². The van der Waals surface area contributed by atoms with Crippen LogP contribution in [0.25, 0.3) is 0 Å². The second kappa shape index (κ2) is 7.35. The lowest BCUT2D eigenvalue weighted by Crippen LogP contribution is -2.10. The van der Waals surface area contributed by atoms with E-state index in [1.165, 1.54) is 40.2 Å². The Morgan fingerprint density at radius 3 is 1.33 bits per heavy atom. The molecule has 0 aliphatic rings. The topological polar surface area (TPSA) is 3.24 Å². The quantitative estimate of drug-likeness (QED) is 0.505. The number of rotatable bonds is 5. The third kappa shape index (κ3) is 3.68. The number of nitrogens with zero attached hydrogens (tertiary/aromatic N) is 1. The molecule has 0 saturated heterocycles. The largest absolute Gasteiger partial charge is 0.311 e. The van der Waals surface area contributed by atoms with Gasteiger partial charge in [-0.2, -0.15) is 0 Å². The molecule has 0 spiro atoms. The SMILES string of the molecule is CCCc1ccc(N(c2ccc(C)cc2)c2ccc(C)cc2)cc1. The number of hydrogen-bond donors (Lipinski definition) is 0. The van der Waals surface area contributed by atoms with Crippen molar-refractivity contribution in [2.45, 2.75) is 33.6 Å². The molecule has 0 unspecified atom stereocenters. The van der Waals surface area contributed by atoms with E-state index < -0.39 is 0 Å². The fraction of sp³-hybridized carbons (Fsp3) is 0.217. The molecule has 3 aromatic rings. The molecular formula is C23H25N. The van der Waals surface area contributed by atoms with Gasteiger partial charge in [0, 0.05) is 17.1 Å². The van der Waals surface area contributed by atoms with Crippen LogP contribution >= 0.6 is 0 Å². The van der Waals surface area contributed by atoms with Gasteiger partial charge in [0.15, 0.2) is 0 Å². The molecule has 0 aliphatic heterocycles. The van der Waals surface area contributed by atoms with Gasteiger partial charge in [-0.15, -0.1) is 0 Å². The van der Waals surface area contributed by atoms with Crippen molar-refractivity contribution in [3.05, 3.63) is 89.5 Å². The molecule has 0 bridgehead atoms. The van der Waals surface area contributed by atoms with E-state index in [1.807, 2.05) is 0 Å². The third-order valence-electron chi connectivity index (χ3n) is 4.32. The number of aryl methyl sites for hydroxylation is 3. The van der Waals surface area contributed by atoms with Crippen molar-refractivity contribution in [1.82, 2.24) is 0 Å². The van der Waals surface area contributed by atoms with Gasteiger partial charge in [-0.1, -0.05) is 60.9 Å². The van der Waals surface area contributed by atoms with Crippen LogP contribution in [0.15, 0.2) is 72.8 Å². The minimum absolute atomic E-state index is 1.13. The average Bonchev–Trinajstić information content (AvgIpc) is 2.60. The molecule has 0 fully saturated rings. The number of benzene rings is 3. The molecule has 1 nitrogen and oxygen atoms in total. The summed E-state index contributed by atoms with van der Waals surface area (Å²) in [7, 11) is 0. The van der Waals surface area contributed by atoms with Crippen LogP contribution in [0.4, 0.5) is 17.1 Å². The summed E-state index contributed by atoms with van der Waals surface area (Å²) in [5.41, 5.74) is 7.53. The van der Waals surface area contributed by atoms with Crippen LogP contribution in [0.2, 0.25) is 0 Å². The first-order valence-electron chi connectivity index (χ1n) is 8.70. The van der Waals surface area contributed by atoms with Crippen molar-refractivity contribution < 1.29 is 0 Å². The maximum Gasteiger partial charge on any atom is 0.0461 e. The molecule has 3 aromatic carbocycles. The monoisotopic (exact) mass is 315 g/mol. The summed E-state index contributed by atoms with van der Waals surface area (Å²) in [6.45, 7) is 6.47. The maximum absolute atomic E-state index is 2.31. The highest BCUT2D eigenvalue weighted by Gasteiger charge is 2.12. The van der Waals surface area contributed by atoms with Gasteiger partial charge >= 0.3 is 0 Å². The van der Waals surface area contributed by atoms with Crippen LogP contribution in [-0.4, -0.2) is 0 Å². The second-order valence-corrected chi connectivity index (χ2v) is 6.42. The van der Waals surface area contributed by atoms with E-state index in [0.29, 0.717) is 0 Å². The Kier molecular flexibility index (Phi) is 5.00. The fourth-order valence-corrected chi connectivity index (χ4v) is 2.94. The lowest BCUT2D eigenvalue weighted by atomic mass is 10.1. The minimum atomic E-state index is 1.13. The Labute approximate surface area is 145 Å². The maximum atomic E-state index is 2.31. The minimum Gasteiger partial charge on any atom is -0.311 e. The summed E-state index contributed by atoms with van der Waals surface area (Å²) in [6, 6.07) is 26.4. The molecular weight excluding hydrogens is 290 g/mol. The molecule has 1 heteroatoms. The Bertz CT molecular complexity index is 722. The van der Waals surface area contributed by atoms with Gasteiger partial charge in [-0.25, -0.2) is 0 Å². The van der Waals surface area contributed by atoms with Gasteiger partial charge in [0.2, 0.25) is 0 Å². The molecule has 0 aromatic heterocycles. The van der Waals surface area contributed by atoms with E-state index in [2.05, 4.69) is 98.5 Å². The molecule has 0 radical (unpaired) electrons. The Morgan fingerprint density at radius 2 is 0.958 bits per heavy atom. The van der Waals surface area contributed by atoms with Crippen LogP contribution < -0.4 is 4.90 Å². The molecule has 0 atom stereocenters. The van der Waals surface area contributed by atoms with Gasteiger partial charge in [-0.05, 0) is 62.2 Å². The lowest BCUT2D eigenvalue weighted by molar-refractivity contribution is 0.922. The Balaban J connectivity index is 2.04. The van der Waals surface area contributed by atoms with Gasteiger partial charge in [0.1, 0.15) is 0 Å². The molecule has 3 rings (SSSR count). The van der Waals surface area contributed by atoms with Crippen molar-refractivity contribution in [2.75, 3.05) is 4.90 Å². The van der Waals surface area contributed by atoms with Crippen LogP contribution in [-0.2, 0) is 6.42 Å². The highest BCUT2D eigenvalue weighted by molar-refractivity contribution is 5.76. The van der Waals surface area contributed by atoms with E-state index >= 15 is 0 Å².